The fourth-order valence-corrected chi connectivity index (χ4v) is 3.00. The Kier molecular flexibility index (Phi) is 4.09. The molecule has 82 valence electrons. The van der Waals surface area contributed by atoms with Crippen molar-refractivity contribution in [3.63, 3.8) is 0 Å². The topological polar surface area (TPSA) is 37.8 Å². The van der Waals surface area contributed by atoms with Crippen LogP contribution in [-0.2, 0) is 0 Å². The van der Waals surface area contributed by atoms with Crippen LogP contribution in [0.15, 0.2) is 12.4 Å². The summed E-state index contributed by atoms with van der Waals surface area (Å²) in [5.41, 5.74) is 0. The summed E-state index contributed by atoms with van der Waals surface area (Å²) in [5.74, 6) is 2.11. The van der Waals surface area contributed by atoms with Gasteiger partial charge in [0.1, 0.15) is 17.3 Å². The molecule has 15 heavy (non-hydrogen) atoms. The van der Waals surface area contributed by atoms with Gasteiger partial charge in [-0.15, -0.1) is 0 Å². The van der Waals surface area contributed by atoms with E-state index in [0.29, 0.717) is 10.4 Å². The van der Waals surface area contributed by atoms with E-state index < -0.39 is 0 Å². The number of nitrogens with one attached hydrogen (secondary N) is 1. The highest BCUT2D eigenvalue weighted by atomic mass is 35.5. The van der Waals surface area contributed by atoms with Crippen molar-refractivity contribution in [1.29, 1.82) is 0 Å². The number of rotatable bonds is 3. The standard InChI is InChI=1S/C10H14ClN3S/c11-9-5-10(14-7-13-9)12-6-8-3-1-2-4-15-8/h5,7-8H,1-4,6H2,(H,12,13,14). The molecular weight excluding hydrogens is 230 g/mol. The van der Waals surface area contributed by atoms with E-state index in [4.69, 9.17) is 11.6 Å². The Labute approximate surface area is 99.0 Å². The highest BCUT2D eigenvalue weighted by Gasteiger charge is 2.13. The Morgan fingerprint density at radius 1 is 1.47 bits per heavy atom. The van der Waals surface area contributed by atoms with Gasteiger partial charge in [0.25, 0.3) is 0 Å². The zero-order valence-electron chi connectivity index (χ0n) is 8.45. The Morgan fingerprint density at radius 3 is 3.13 bits per heavy atom. The molecule has 3 nitrogen and oxygen atoms in total. The van der Waals surface area contributed by atoms with Gasteiger partial charge in [-0.1, -0.05) is 18.0 Å². The average molecular weight is 244 g/mol. The van der Waals surface area contributed by atoms with Crippen LogP contribution in [0.3, 0.4) is 0 Å². The number of halogens is 1. The third-order valence-electron chi connectivity index (χ3n) is 2.42. The molecule has 1 aromatic rings. The van der Waals surface area contributed by atoms with Crippen molar-refractivity contribution in [2.24, 2.45) is 0 Å². The summed E-state index contributed by atoms with van der Waals surface area (Å²) in [5, 5.41) is 4.50. The first-order chi connectivity index (χ1) is 7.34. The molecule has 0 amide bonds. The van der Waals surface area contributed by atoms with E-state index in [9.17, 15) is 0 Å². The van der Waals surface area contributed by atoms with E-state index in [1.165, 1.54) is 31.3 Å². The molecule has 0 aromatic carbocycles. The summed E-state index contributed by atoms with van der Waals surface area (Å²) in [7, 11) is 0. The Hall–Kier alpha value is -0.480. The molecule has 2 heterocycles. The van der Waals surface area contributed by atoms with Crippen molar-refractivity contribution in [2.45, 2.75) is 24.5 Å². The lowest BCUT2D eigenvalue weighted by Gasteiger charge is -2.21. The number of nitrogens with zero attached hydrogens (tertiary/aromatic N) is 2. The Morgan fingerprint density at radius 2 is 2.40 bits per heavy atom. The summed E-state index contributed by atoms with van der Waals surface area (Å²) in [6.45, 7) is 0.970. The van der Waals surface area contributed by atoms with E-state index in [-0.39, 0.29) is 0 Å². The maximum Gasteiger partial charge on any atom is 0.134 e. The molecule has 1 aromatic heterocycles. The van der Waals surface area contributed by atoms with Crippen molar-refractivity contribution in [3.05, 3.63) is 17.5 Å². The van der Waals surface area contributed by atoms with Gasteiger partial charge in [0.05, 0.1) is 0 Å². The van der Waals surface area contributed by atoms with E-state index >= 15 is 0 Å². The molecule has 0 spiro atoms. The molecule has 2 rings (SSSR count). The largest absolute Gasteiger partial charge is 0.369 e. The van der Waals surface area contributed by atoms with Gasteiger partial charge < -0.3 is 5.32 Å². The second kappa shape index (κ2) is 5.56. The SMILES string of the molecule is Clc1cc(NCC2CCCCS2)ncn1. The molecule has 1 saturated heterocycles. The van der Waals surface area contributed by atoms with E-state index in [0.717, 1.165) is 12.4 Å². The molecule has 1 aliphatic rings. The van der Waals surface area contributed by atoms with Crippen LogP contribution in [0.4, 0.5) is 5.82 Å². The third kappa shape index (κ3) is 3.54. The van der Waals surface area contributed by atoms with Gasteiger partial charge in [0.2, 0.25) is 0 Å². The first-order valence-electron chi connectivity index (χ1n) is 5.17. The number of anilines is 1. The zero-order valence-corrected chi connectivity index (χ0v) is 10.0. The molecule has 0 radical (unpaired) electrons. The molecule has 0 bridgehead atoms. The highest BCUT2D eigenvalue weighted by Crippen LogP contribution is 2.25. The first kappa shape index (κ1) is 11.0. The van der Waals surface area contributed by atoms with Gasteiger partial charge in [-0.2, -0.15) is 11.8 Å². The number of thioether (sulfide) groups is 1. The van der Waals surface area contributed by atoms with Crippen LogP contribution in [-0.4, -0.2) is 27.5 Å². The number of aromatic nitrogens is 2. The minimum Gasteiger partial charge on any atom is -0.369 e. The van der Waals surface area contributed by atoms with Crippen LogP contribution in [0.1, 0.15) is 19.3 Å². The van der Waals surface area contributed by atoms with E-state index in [2.05, 4.69) is 15.3 Å². The van der Waals surface area contributed by atoms with Crippen LogP contribution in [0.25, 0.3) is 0 Å². The maximum absolute atomic E-state index is 5.77. The van der Waals surface area contributed by atoms with Gasteiger partial charge in [-0.05, 0) is 18.6 Å². The lowest BCUT2D eigenvalue weighted by molar-refractivity contribution is 0.677. The molecule has 1 aliphatic heterocycles. The molecule has 0 aliphatic carbocycles. The van der Waals surface area contributed by atoms with Crippen LogP contribution in [0.2, 0.25) is 5.15 Å². The van der Waals surface area contributed by atoms with Crippen molar-refractivity contribution in [3.8, 4) is 0 Å². The molecule has 1 atom stereocenters. The molecular formula is C10H14ClN3S. The van der Waals surface area contributed by atoms with Crippen molar-refractivity contribution in [1.82, 2.24) is 9.97 Å². The van der Waals surface area contributed by atoms with Crippen LogP contribution < -0.4 is 5.32 Å². The highest BCUT2D eigenvalue weighted by molar-refractivity contribution is 7.99. The van der Waals surface area contributed by atoms with Gasteiger partial charge in [-0.3, -0.25) is 0 Å². The van der Waals surface area contributed by atoms with Gasteiger partial charge >= 0.3 is 0 Å². The number of hydrogen-bond acceptors (Lipinski definition) is 4. The van der Waals surface area contributed by atoms with E-state index in [1.54, 1.807) is 6.07 Å². The maximum atomic E-state index is 5.77. The number of hydrogen-bond donors (Lipinski definition) is 1. The van der Waals surface area contributed by atoms with E-state index in [1.807, 2.05) is 11.8 Å². The summed E-state index contributed by atoms with van der Waals surface area (Å²) in [4.78, 5) is 7.95. The quantitative estimate of drug-likeness (QED) is 0.829. The van der Waals surface area contributed by atoms with Crippen LogP contribution in [0, 0.1) is 0 Å². The molecule has 1 unspecified atom stereocenters. The summed E-state index contributed by atoms with van der Waals surface area (Å²) in [6.07, 6.45) is 5.50. The second-order valence-corrected chi connectivity index (χ2v) is 5.39. The molecule has 5 heteroatoms. The van der Waals surface area contributed by atoms with Crippen molar-refractivity contribution >= 4 is 29.2 Å². The lowest BCUT2D eigenvalue weighted by Crippen LogP contribution is -2.20. The molecule has 1 fully saturated rings. The minimum atomic E-state index is 0.490. The monoisotopic (exact) mass is 243 g/mol. The van der Waals surface area contributed by atoms with Gasteiger partial charge in [0.15, 0.2) is 0 Å². The average Bonchev–Trinajstić information content (AvgIpc) is 2.28. The smallest absolute Gasteiger partial charge is 0.134 e. The van der Waals surface area contributed by atoms with Crippen molar-refractivity contribution in [2.75, 3.05) is 17.6 Å². The Bertz CT molecular complexity index is 315. The fourth-order valence-electron chi connectivity index (χ4n) is 1.62. The van der Waals surface area contributed by atoms with Crippen LogP contribution >= 0.6 is 23.4 Å². The van der Waals surface area contributed by atoms with Gasteiger partial charge in [-0.25, -0.2) is 9.97 Å². The van der Waals surface area contributed by atoms with Crippen molar-refractivity contribution < 1.29 is 0 Å². The normalized spacial score (nSPS) is 21.3. The Balaban J connectivity index is 1.81. The first-order valence-corrected chi connectivity index (χ1v) is 6.60. The zero-order chi connectivity index (χ0) is 10.5. The third-order valence-corrected chi connectivity index (χ3v) is 4.02. The molecule has 0 saturated carbocycles. The fraction of sp³-hybridized carbons (Fsp3) is 0.600. The lowest BCUT2D eigenvalue weighted by atomic mass is 10.2. The molecule has 1 N–H and O–H groups in total. The summed E-state index contributed by atoms with van der Waals surface area (Å²) in [6, 6.07) is 1.76. The summed E-state index contributed by atoms with van der Waals surface area (Å²) >= 11 is 7.82. The van der Waals surface area contributed by atoms with Crippen LogP contribution in [0.5, 0.6) is 0 Å². The predicted octanol–water partition coefficient (Wildman–Crippen LogP) is 2.83. The minimum absolute atomic E-state index is 0.490. The summed E-state index contributed by atoms with van der Waals surface area (Å²) < 4.78 is 0. The predicted molar refractivity (Wildman–Crippen MR) is 65.6 cm³/mol. The second-order valence-electron chi connectivity index (χ2n) is 3.60. The van der Waals surface area contributed by atoms with Gasteiger partial charge in [0, 0.05) is 17.9 Å².